The van der Waals surface area contributed by atoms with Crippen molar-refractivity contribution in [2.75, 3.05) is 13.6 Å². The maximum atomic E-state index is 11.1. The van der Waals surface area contributed by atoms with Crippen LogP contribution in [0.15, 0.2) is 0 Å². The molecule has 13 heavy (non-hydrogen) atoms. The van der Waals surface area contributed by atoms with Crippen LogP contribution in [0.1, 0.15) is 26.7 Å². The summed E-state index contributed by atoms with van der Waals surface area (Å²) in [7, 11) is 1.65. The first-order valence-corrected chi connectivity index (χ1v) is 4.58. The van der Waals surface area contributed by atoms with Gasteiger partial charge < -0.3 is 10.6 Å². The topological polar surface area (TPSA) is 65.0 Å². The molecule has 0 fully saturated rings. The standard InChI is InChI=1S/C9H19N3O/c1-7(9(13)11-3)5-4-6-12-8(2)10/h7H,4-6H2,1-3H3,(H2,10,12)(H,11,13)/t7-/m0/s1. The molecule has 1 amide bonds. The number of hydrogen-bond donors (Lipinski definition) is 3. The molecule has 0 rings (SSSR count). The second-order valence-corrected chi connectivity index (χ2v) is 3.21. The maximum Gasteiger partial charge on any atom is 0.222 e. The van der Waals surface area contributed by atoms with Crippen LogP contribution in [-0.4, -0.2) is 25.3 Å². The maximum absolute atomic E-state index is 11.1. The number of rotatable bonds is 5. The van der Waals surface area contributed by atoms with Crippen molar-refractivity contribution in [1.29, 1.82) is 5.41 Å². The van der Waals surface area contributed by atoms with E-state index in [9.17, 15) is 4.79 Å². The Bertz CT molecular complexity index is 180. The van der Waals surface area contributed by atoms with E-state index in [0.29, 0.717) is 5.84 Å². The first kappa shape index (κ1) is 11.9. The summed E-state index contributed by atoms with van der Waals surface area (Å²) in [4.78, 5) is 11.1. The lowest BCUT2D eigenvalue weighted by molar-refractivity contribution is -0.124. The van der Waals surface area contributed by atoms with E-state index in [0.717, 1.165) is 19.4 Å². The Morgan fingerprint density at radius 2 is 2.15 bits per heavy atom. The van der Waals surface area contributed by atoms with Crippen LogP contribution in [0.4, 0.5) is 0 Å². The third kappa shape index (κ3) is 6.13. The van der Waals surface area contributed by atoms with Crippen molar-refractivity contribution >= 4 is 11.7 Å². The predicted octanol–water partition coefficient (Wildman–Crippen LogP) is 0.735. The molecule has 0 saturated carbocycles. The lowest BCUT2D eigenvalue weighted by Gasteiger charge is -2.09. The van der Waals surface area contributed by atoms with Crippen LogP contribution in [0.25, 0.3) is 0 Å². The molecule has 4 heteroatoms. The fraction of sp³-hybridized carbons (Fsp3) is 0.778. The fourth-order valence-electron chi connectivity index (χ4n) is 1.06. The number of hydrogen-bond acceptors (Lipinski definition) is 2. The number of carbonyl (C=O) groups is 1. The van der Waals surface area contributed by atoms with E-state index in [1.807, 2.05) is 6.92 Å². The average Bonchev–Trinajstić information content (AvgIpc) is 2.10. The van der Waals surface area contributed by atoms with Crippen molar-refractivity contribution in [3.8, 4) is 0 Å². The van der Waals surface area contributed by atoms with Gasteiger partial charge in [0.25, 0.3) is 0 Å². The summed E-state index contributed by atoms with van der Waals surface area (Å²) < 4.78 is 0. The lowest BCUT2D eigenvalue weighted by atomic mass is 10.1. The Morgan fingerprint density at radius 1 is 1.54 bits per heavy atom. The quantitative estimate of drug-likeness (QED) is 0.336. The molecule has 0 bridgehead atoms. The second-order valence-electron chi connectivity index (χ2n) is 3.21. The van der Waals surface area contributed by atoms with Gasteiger partial charge in [-0.15, -0.1) is 0 Å². The Morgan fingerprint density at radius 3 is 2.62 bits per heavy atom. The van der Waals surface area contributed by atoms with E-state index in [-0.39, 0.29) is 11.8 Å². The normalized spacial score (nSPS) is 11.9. The molecule has 0 aromatic heterocycles. The van der Waals surface area contributed by atoms with Gasteiger partial charge in [-0.3, -0.25) is 10.2 Å². The van der Waals surface area contributed by atoms with Gasteiger partial charge in [0.05, 0.1) is 5.84 Å². The third-order valence-electron chi connectivity index (χ3n) is 1.90. The van der Waals surface area contributed by atoms with E-state index in [1.54, 1.807) is 14.0 Å². The molecule has 0 aliphatic rings. The molecule has 76 valence electrons. The first-order chi connectivity index (χ1) is 6.07. The van der Waals surface area contributed by atoms with Gasteiger partial charge in [-0.05, 0) is 19.8 Å². The molecule has 0 unspecified atom stereocenters. The van der Waals surface area contributed by atoms with E-state index < -0.39 is 0 Å². The molecular formula is C9H19N3O. The Labute approximate surface area is 79.6 Å². The van der Waals surface area contributed by atoms with Crippen molar-refractivity contribution < 1.29 is 4.79 Å². The van der Waals surface area contributed by atoms with Crippen molar-refractivity contribution in [3.63, 3.8) is 0 Å². The molecule has 0 aliphatic carbocycles. The molecular weight excluding hydrogens is 166 g/mol. The number of amides is 1. The highest BCUT2D eigenvalue weighted by molar-refractivity contribution is 5.77. The van der Waals surface area contributed by atoms with Crippen LogP contribution in [0, 0.1) is 11.3 Å². The van der Waals surface area contributed by atoms with Gasteiger partial charge in [0.2, 0.25) is 5.91 Å². The number of nitrogens with one attached hydrogen (secondary N) is 3. The zero-order chi connectivity index (χ0) is 10.3. The Kier molecular flexibility index (Phi) is 5.93. The molecule has 1 atom stereocenters. The summed E-state index contributed by atoms with van der Waals surface area (Å²) in [5.41, 5.74) is 0. The molecule has 0 heterocycles. The van der Waals surface area contributed by atoms with Crippen LogP contribution in [0.2, 0.25) is 0 Å². The van der Waals surface area contributed by atoms with Gasteiger partial charge in [-0.1, -0.05) is 6.92 Å². The van der Waals surface area contributed by atoms with Crippen molar-refractivity contribution in [2.45, 2.75) is 26.7 Å². The van der Waals surface area contributed by atoms with Gasteiger partial charge in [0.1, 0.15) is 0 Å². The summed E-state index contributed by atoms with van der Waals surface area (Å²) in [6.07, 6.45) is 1.78. The van der Waals surface area contributed by atoms with Crippen LogP contribution < -0.4 is 10.6 Å². The first-order valence-electron chi connectivity index (χ1n) is 4.58. The smallest absolute Gasteiger partial charge is 0.222 e. The summed E-state index contributed by atoms with van der Waals surface area (Å²) in [5.74, 6) is 0.636. The van der Waals surface area contributed by atoms with Gasteiger partial charge in [-0.25, -0.2) is 0 Å². The largest absolute Gasteiger partial charge is 0.374 e. The fourth-order valence-corrected chi connectivity index (χ4v) is 1.06. The van der Waals surface area contributed by atoms with Gasteiger partial charge >= 0.3 is 0 Å². The van der Waals surface area contributed by atoms with Gasteiger partial charge in [0.15, 0.2) is 0 Å². The van der Waals surface area contributed by atoms with Crippen LogP contribution in [0.3, 0.4) is 0 Å². The summed E-state index contributed by atoms with van der Waals surface area (Å²) >= 11 is 0. The molecule has 0 aliphatic heterocycles. The highest BCUT2D eigenvalue weighted by Crippen LogP contribution is 2.03. The summed E-state index contributed by atoms with van der Waals surface area (Å²) in [6, 6.07) is 0. The minimum atomic E-state index is 0.0674. The Hall–Kier alpha value is -1.06. The average molecular weight is 185 g/mol. The SMILES string of the molecule is CNC(=O)[C@@H](C)CCCNC(C)=N. The molecule has 3 N–H and O–H groups in total. The van der Waals surface area contributed by atoms with Crippen LogP contribution >= 0.6 is 0 Å². The van der Waals surface area contributed by atoms with E-state index >= 15 is 0 Å². The van der Waals surface area contributed by atoms with Crippen LogP contribution in [0.5, 0.6) is 0 Å². The third-order valence-corrected chi connectivity index (χ3v) is 1.90. The molecule has 0 aromatic rings. The minimum Gasteiger partial charge on any atom is -0.374 e. The minimum absolute atomic E-state index is 0.0674. The lowest BCUT2D eigenvalue weighted by Crippen LogP contribution is -2.26. The Balaban J connectivity index is 3.42. The zero-order valence-corrected chi connectivity index (χ0v) is 8.61. The van der Waals surface area contributed by atoms with E-state index in [1.165, 1.54) is 0 Å². The molecule has 0 radical (unpaired) electrons. The molecule has 4 nitrogen and oxygen atoms in total. The van der Waals surface area contributed by atoms with Gasteiger partial charge in [0, 0.05) is 19.5 Å². The van der Waals surface area contributed by atoms with E-state index in [4.69, 9.17) is 5.41 Å². The number of carbonyl (C=O) groups excluding carboxylic acids is 1. The van der Waals surface area contributed by atoms with Crippen molar-refractivity contribution in [3.05, 3.63) is 0 Å². The monoisotopic (exact) mass is 185 g/mol. The van der Waals surface area contributed by atoms with Gasteiger partial charge in [-0.2, -0.15) is 0 Å². The highest BCUT2D eigenvalue weighted by atomic mass is 16.1. The van der Waals surface area contributed by atoms with E-state index in [2.05, 4.69) is 10.6 Å². The zero-order valence-electron chi connectivity index (χ0n) is 8.61. The second kappa shape index (κ2) is 6.46. The predicted molar refractivity (Wildman–Crippen MR) is 53.9 cm³/mol. The highest BCUT2D eigenvalue weighted by Gasteiger charge is 2.09. The molecule has 0 saturated heterocycles. The molecule has 0 spiro atoms. The summed E-state index contributed by atoms with van der Waals surface area (Å²) in [5, 5.41) is 12.6. The number of amidine groups is 1. The van der Waals surface area contributed by atoms with Crippen LogP contribution in [-0.2, 0) is 4.79 Å². The summed E-state index contributed by atoms with van der Waals surface area (Å²) in [6.45, 7) is 4.40. The molecule has 0 aromatic carbocycles. The van der Waals surface area contributed by atoms with Crippen molar-refractivity contribution in [2.24, 2.45) is 5.92 Å². The van der Waals surface area contributed by atoms with Crippen molar-refractivity contribution in [1.82, 2.24) is 10.6 Å².